The highest BCUT2D eigenvalue weighted by Crippen LogP contribution is 2.26. The van der Waals surface area contributed by atoms with Gasteiger partial charge in [-0.05, 0) is 6.92 Å². The Balaban J connectivity index is 2.61. The highest BCUT2D eigenvalue weighted by molar-refractivity contribution is 5.33. The molecule has 54 valence electrons. The summed E-state index contributed by atoms with van der Waals surface area (Å²) in [5, 5.41) is 4.22. The first kappa shape index (κ1) is 5.77. The van der Waals surface area contributed by atoms with Crippen molar-refractivity contribution in [1.82, 2.24) is 9.78 Å². The van der Waals surface area contributed by atoms with Crippen LogP contribution in [0.15, 0.2) is 0 Å². The molecule has 0 aliphatic carbocycles. The lowest BCUT2D eigenvalue weighted by Crippen LogP contribution is -1.97. The zero-order valence-corrected chi connectivity index (χ0v) is 6.22. The van der Waals surface area contributed by atoms with Gasteiger partial charge in [-0.3, -0.25) is 0 Å². The van der Waals surface area contributed by atoms with E-state index in [9.17, 15) is 0 Å². The largest absolute Gasteiger partial charge is 0.477 e. The maximum absolute atomic E-state index is 5.35. The maximum atomic E-state index is 5.35. The predicted molar refractivity (Wildman–Crippen MR) is 37.1 cm³/mol. The van der Waals surface area contributed by atoms with Crippen LogP contribution in [0.2, 0.25) is 0 Å². The fraction of sp³-hybridized carbons (Fsp3) is 0.571. The van der Waals surface area contributed by atoms with Gasteiger partial charge in [0, 0.05) is 19.0 Å². The van der Waals surface area contributed by atoms with Crippen molar-refractivity contribution in [1.29, 1.82) is 0 Å². The Morgan fingerprint density at radius 1 is 1.60 bits per heavy atom. The first-order valence-electron chi connectivity index (χ1n) is 3.44. The summed E-state index contributed by atoms with van der Waals surface area (Å²) in [6.07, 6.45) is 1.02. The van der Waals surface area contributed by atoms with E-state index >= 15 is 0 Å². The third-order valence-electron chi connectivity index (χ3n) is 1.88. The van der Waals surface area contributed by atoms with Crippen molar-refractivity contribution in [3.8, 4) is 5.88 Å². The second-order valence-corrected chi connectivity index (χ2v) is 2.59. The third-order valence-corrected chi connectivity index (χ3v) is 1.88. The van der Waals surface area contributed by atoms with Crippen LogP contribution in [0.4, 0.5) is 0 Å². The second-order valence-electron chi connectivity index (χ2n) is 2.59. The molecule has 0 aromatic carbocycles. The van der Waals surface area contributed by atoms with E-state index in [4.69, 9.17) is 4.74 Å². The maximum Gasteiger partial charge on any atom is 0.215 e. The van der Waals surface area contributed by atoms with Gasteiger partial charge < -0.3 is 4.74 Å². The van der Waals surface area contributed by atoms with Gasteiger partial charge in [0.15, 0.2) is 0 Å². The number of hydrogen-bond donors (Lipinski definition) is 0. The van der Waals surface area contributed by atoms with E-state index in [1.165, 1.54) is 5.56 Å². The predicted octanol–water partition coefficient (Wildman–Crippen LogP) is 0.663. The van der Waals surface area contributed by atoms with Crippen LogP contribution in [-0.4, -0.2) is 16.4 Å². The summed E-state index contributed by atoms with van der Waals surface area (Å²) >= 11 is 0. The van der Waals surface area contributed by atoms with Crippen molar-refractivity contribution in [3.05, 3.63) is 11.3 Å². The first-order chi connectivity index (χ1) is 4.79. The molecule has 1 aromatic heterocycles. The summed E-state index contributed by atoms with van der Waals surface area (Å²) in [6.45, 7) is 2.84. The molecule has 10 heavy (non-hydrogen) atoms. The Labute approximate surface area is 59.6 Å². The van der Waals surface area contributed by atoms with Gasteiger partial charge in [0.1, 0.15) is 0 Å². The van der Waals surface area contributed by atoms with Gasteiger partial charge in [-0.2, -0.15) is 5.10 Å². The normalized spacial score (nSPS) is 15.0. The number of aromatic nitrogens is 2. The SMILES string of the molecule is Cc1nn(C)c2c1CCO2. The minimum atomic E-state index is 0.821. The fourth-order valence-corrected chi connectivity index (χ4v) is 1.40. The molecule has 0 amide bonds. The zero-order valence-electron chi connectivity index (χ0n) is 6.22. The second kappa shape index (κ2) is 1.75. The van der Waals surface area contributed by atoms with Crippen LogP contribution >= 0.6 is 0 Å². The third kappa shape index (κ3) is 0.574. The van der Waals surface area contributed by atoms with Crippen LogP contribution in [0, 0.1) is 6.92 Å². The highest BCUT2D eigenvalue weighted by atomic mass is 16.5. The first-order valence-corrected chi connectivity index (χ1v) is 3.44. The molecule has 0 fully saturated rings. The molecule has 0 radical (unpaired) electrons. The molecule has 0 bridgehead atoms. The molecule has 0 saturated carbocycles. The number of aryl methyl sites for hydroxylation is 2. The van der Waals surface area contributed by atoms with Crippen molar-refractivity contribution in [2.45, 2.75) is 13.3 Å². The summed E-state index contributed by atoms with van der Waals surface area (Å²) < 4.78 is 7.15. The van der Waals surface area contributed by atoms with Crippen LogP contribution < -0.4 is 4.74 Å². The summed E-state index contributed by atoms with van der Waals surface area (Å²) in [6, 6.07) is 0. The minimum Gasteiger partial charge on any atom is -0.477 e. The van der Waals surface area contributed by atoms with Crippen LogP contribution in [0.25, 0.3) is 0 Å². The van der Waals surface area contributed by atoms with Gasteiger partial charge in [0.25, 0.3) is 0 Å². The number of fused-ring (bicyclic) bond motifs is 1. The molecule has 0 saturated heterocycles. The van der Waals surface area contributed by atoms with Gasteiger partial charge in [-0.25, -0.2) is 4.68 Å². The molecule has 0 N–H and O–H groups in total. The number of hydrogen-bond acceptors (Lipinski definition) is 2. The van der Waals surface area contributed by atoms with Gasteiger partial charge in [0.2, 0.25) is 5.88 Å². The number of rotatable bonds is 0. The van der Waals surface area contributed by atoms with Gasteiger partial charge in [-0.1, -0.05) is 0 Å². The Bertz CT molecular complexity index is 240. The molecule has 0 spiro atoms. The average Bonchev–Trinajstić information content (AvgIpc) is 2.39. The summed E-state index contributed by atoms with van der Waals surface area (Å²) in [5.41, 5.74) is 2.39. The molecule has 1 aliphatic rings. The van der Waals surface area contributed by atoms with Crippen molar-refractivity contribution in [2.75, 3.05) is 6.61 Å². The molecule has 2 rings (SSSR count). The van der Waals surface area contributed by atoms with Gasteiger partial charge >= 0.3 is 0 Å². The average molecular weight is 138 g/mol. The Kier molecular flexibility index (Phi) is 1.01. The molecule has 0 unspecified atom stereocenters. The topological polar surface area (TPSA) is 27.1 Å². The van der Waals surface area contributed by atoms with Gasteiger partial charge in [-0.15, -0.1) is 0 Å². The smallest absolute Gasteiger partial charge is 0.215 e. The Hall–Kier alpha value is -0.990. The van der Waals surface area contributed by atoms with Crippen molar-refractivity contribution in [2.24, 2.45) is 7.05 Å². The van der Waals surface area contributed by atoms with Crippen molar-refractivity contribution in [3.63, 3.8) is 0 Å². The molecular weight excluding hydrogens is 128 g/mol. The number of ether oxygens (including phenoxy) is 1. The molecule has 0 atom stereocenters. The summed E-state index contributed by atoms with van der Waals surface area (Å²) in [4.78, 5) is 0. The standard InChI is InChI=1S/C7H10N2O/c1-5-6-3-4-10-7(6)9(2)8-5/h3-4H2,1-2H3. The summed E-state index contributed by atoms with van der Waals surface area (Å²) in [5.74, 6) is 0.956. The molecule has 1 aromatic rings. The van der Waals surface area contributed by atoms with Crippen molar-refractivity contribution < 1.29 is 4.74 Å². The molecule has 3 nitrogen and oxygen atoms in total. The van der Waals surface area contributed by atoms with E-state index in [1.807, 2.05) is 14.0 Å². The number of nitrogens with zero attached hydrogens (tertiary/aromatic N) is 2. The van der Waals surface area contributed by atoms with Crippen LogP contribution in [0.3, 0.4) is 0 Å². The lowest BCUT2D eigenvalue weighted by Gasteiger charge is -1.95. The minimum absolute atomic E-state index is 0.821. The summed E-state index contributed by atoms with van der Waals surface area (Å²) in [7, 11) is 1.91. The van der Waals surface area contributed by atoms with Crippen LogP contribution in [0.1, 0.15) is 11.3 Å². The Morgan fingerprint density at radius 2 is 2.40 bits per heavy atom. The van der Waals surface area contributed by atoms with Crippen LogP contribution in [-0.2, 0) is 13.5 Å². The lowest BCUT2D eigenvalue weighted by molar-refractivity contribution is 0.324. The van der Waals surface area contributed by atoms with Crippen LogP contribution in [0.5, 0.6) is 5.88 Å². The van der Waals surface area contributed by atoms with E-state index in [0.717, 1.165) is 24.6 Å². The van der Waals surface area contributed by atoms with E-state index < -0.39 is 0 Å². The zero-order chi connectivity index (χ0) is 7.14. The van der Waals surface area contributed by atoms with E-state index in [-0.39, 0.29) is 0 Å². The molecule has 2 heterocycles. The van der Waals surface area contributed by atoms with E-state index in [2.05, 4.69) is 5.10 Å². The molecular formula is C7H10N2O. The fourth-order valence-electron chi connectivity index (χ4n) is 1.40. The Morgan fingerprint density at radius 3 is 3.10 bits per heavy atom. The molecule has 1 aliphatic heterocycles. The van der Waals surface area contributed by atoms with E-state index in [0.29, 0.717) is 0 Å². The monoisotopic (exact) mass is 138 g/mol. The van der Waals surface area contributed by atoms with Gasteiger partial charge in [0.05, 0.1) is 12.3 Å². The highest BCUT2D eigenvalue weighted by Gasteiger charge is 2.19. The van der Waals surface area contributed by atoms with Crippen molar-refractivity contribution >= 4 is 0 Å². The quantitative estimate of drug-likeness (QED) is 0.526. The lowest BCUT2D eigenvalue weighted by atomic mass is 10.2. The van der Waals surface area contributed by atoms with E-state index in [1.54, 1.807) is 4.68 Å². The molecule has 3 heteroatoms.